The zero-order chi connectivity index (χ0) is 29.7. The topological polar surface area (TPSA) is 81.8 Å². The van der Waals surface area contributed by atoms with Crippen molar-refractivity contribution < 1.29 is 18.7 Å². The number of hydrogen-bond donors (Lipinski definition) is 1. The largest absolute Gasteiger partial charge is 0.444 e. The van der Waals surface area contributed by atoms with Crippen molar-refractivity contribution in [1.29, 1.82) is 0 Å². The number of rotatable bonds is 10. The normalized spacial score (nSPS) is 15.6. The maximum Gasteiger partial charge on any atom is 0.410 e. The molecule has 0 spiro atoms. The van der Waals surface area contributed by atoms with E-state index in [4.69, 9.17) is 4.74 Å². The Hall–Kier alpha value is -2.98. The Morgan fingerprint density at radius 1 is 1.17 bits per heavy atom. The first-order valence-corrected chi connectivity index (χ1v) is 15.2. The van der Waals surface area contributed by atoms with Gasteiger partial charge in [-0.3, -0.25) is 14.8 Å². The van der Waals surface area contributed by atoms with Gasteiger partial charge in [0, 0.05) is 42.1 Å². The second-order valence-electron chi connectivity index (χ2n) is 11.7. The van der Waals surface area contributed by atoms with Crippen LogP contribution in [0.2, 0.25) is 0 Å². The van der Waals surface area contributed by atoms with Crippen molar-refractivity contribution in [3.05, 3.63) is 52.3 Å². The molecule has 0 aliphatic carbocycles. The molecular formula is C31H41BrFN5O3. The summed E-state index contributed by atoms with van der Waals surface area (Å²) in [6.45, 7) is 11.1. The third kappa shape index (κ3) is 7.86. The van der Waals surface area contributed by atoms with Crippen LogP contribution in [0.25, 0.3) is 22.2 Å². The number of H-pyrrole nitrogens is 1. The third-order valence-corrected chi connectivity index (χ3v) is 7.99. The molecule has 2 heterocycles. The Morgan fingerprint density at radius 2 is 1.95 bits per heavy atom. The van der Waals surface area contributed by atoms with E-state index in [1.165, 1.54) is 0 Å². The number of likely N-dealkylation sites (tertiary alicyclic amines) is 1. The number of benzene rings is 2. The Morgan fingerprint density at radius 3 is 2.66 bits per heavy atom. The quantitative estimate of drug-likeness (QED) is 0.287. The fraction of sp³-hybridized carbons (Fsp3) is 0.516. The summed E-state index contributed by atoms with van der Waals surface area (Å²) in [4.78, 5) is 31.4. The molecule has 0 radical (unpaired) electrons. The number of aromatic nitrogens is 2. The van der Waals surface area contributed by atoms with E-state index in [-0.39, 0.29) is 11.7 Å². The number of aromatic amines is 1. The average molecular weight is 631 g/mol. The predicted molar refractivity (Wildman–Crippen MR) is 163 cm³/mol. The van der Waals surface area contributed by atoms with Crippen LogP contribution in [0.1, 0.15) is 52.5 Å². The summed E-state index contributed by atoms with van der Waals surface area (Å²) < 4.78 is 21.5. The van der Waals surface area contributed by atoms with Crippen LogP contribution in [0.5, 0.6) is 0 Å². The maximum atomic E-state index is 15.1. The molecule has 1 aliphatic heterocycles. The highest BCUT2D eigenvalue weighted by atomic mass is 79.9. The lowest BCUT2D eigenvalue weighted by Crippen LogP contribution is -2.49. The fourth-order valence-electron chi connectivity index (χ4n) is 5.26. The molecule has 222 valence electrons. The number of likely N-dealkylation sites (N-methyl/N-ethyl adjacent to an activating group) is 2. The number of aryl methyl sites for hydroxylation is 1. The van der Waals surface area contributed by atoms with Crippen LogP contribution in [-0.4, -0.2) is 88.3 Å². The summed E-state index contributed by atoms with van der Waals surface area (Å²) in [6.07, 6.45) is 2.65. The number of carbonyl (C=O) groups is 2. The number of nitrogens with one attached hydrogen (secondary N) is 1. The van der Waals surface area contributed by atoms with Crippen LogP contribution in [-0.2, 0) is 16.0 Å². The first-order chi connectivity index (χ1) is 19.5. The number of hydrogen-bond acceptors (Lipinski definition) is 5. The molecule has 1 atom stereocenters. The molecule has 1 aliphatic rings. The number of nitrogens with zero attached hydrogens (tertiary/aromatic N) is 4. The highest BCUT2D eigenvalue weighted by molar-refractivity contribution is 9.10. The highest BCUT2D eigenvalue weighted by Crippen LogP contribution is 2.30. The lowest BCUT2D eigenvalue weighted by molar-refractivity contribution is -0.134. The predicted octanol–water partition coefficient (Wildman–Crippen LogP) is 6.24. The number of ether oxygens (including phenoxy) is 1. The van der Waals surface area contributed by atoms with Gasteiger partial charge in [-0.1, -0.05) is 28.9 Å². The van der Waals surface area contributed by atoms with E-state index in [0.717, 1.165) is 59.8 Å². The van der Waals surface area contributed by atoms with E-state index in [9.17, 15) is 9.59 Å². The Labute approximate surface area is 250 Å². The summed E-state index contributed by atoms with van der Waals surface area (Å²) in [5, 5.41) is 8.21. The van der Waals surface area contributed by atoms with Crippen molar-refractivity contribution in [1.82, 2.24) is 24.9 Å². The molecule has 2 amide bonds. The molecule has 1 saturated heterocycles. The van der Waals surface area contributed by atoms with Gasteiger partial charge in [0.15, 0.2) is 0 Å². The van der Waals surface area contributed by atoms with E-state index < -0.39 is 17.7 Å². The Kier molecular flexibility index (Phi) is 10.1. The molecule has 41 heavy (non-hydrogen) atoms. The van der Waals surface area contributed by atoms with Gasteiger partial charge in [0.05, 0.1) is 5.52 Å². The molecule has 4 rings (SSSR count). The minimum Gasteiger partial charge on any atom is -0.444 e. The number of halogens is 2. The minimum absolute atomic E-state index is 0.0442. The van der Waals surface area contributed by atoms with Crippen LogP contribution < -0.4 is 0 Å². The van der Waals surface area contributed by atoms with E-state index in [1.807, 2.05) is 51.1 Å². The van der Waals surface area contributed by atoms with Crippen molar-refractivity contribution in [3.63, 3.8) is 0 Å². The molecule has 3 aromatic rings. The van der Waals surface area contributed by atoms with Gasteiger partial charge in [-0.15, -0.1) is 0 Å². The average Bonchev–Trinajstić information content (AvgIpc) is 3.56. The Bertz CT molecular complexity index is 1370. The van der Waals surface area contributed by atoms with Crippen LogP contribution in [0, 0.1) is 5.82 Å². The molecular weight excluding hydrogens is 589 g/mol. The molecule has 2 aromatic carbocycles. The van der Waals surface area contributed by atoms with E-state index in [1.54, 1.807) is 22.9 Å². The van der Waals surface area contributed by atoms with Crippen molar-refractivity contribution in [2.24, 2.45) is 0 Å². The lowest BCUT2D eigenvalue weighted by Gasteiger charge is -2.31. The lowest BCUT2D eigenvalue weighted by atomic mass is 10.0. The number of amides is 2. The van der Waals surface area contributed by atoms with Crippen molar-refractivity contribution in [3.8, 4) is 11.3 Å². The number of carbonyl (C=O) groups excluding carboxylic acids is 2. The maximum absolute atomic E-state index is 15.1. The van der Waals surface area contributed by atoms with E-state index in [0.29, 0.717) is 30.8 Å². The van der Waals surface area contributed by atoms with Crippen LogP contribution in [0.3, 0.4) is 0 Å². The smallest absolute Gasteiger partial charge is 0.410 e. The summed E-state index contributed by atoms with van der Waals surface area (Å²) in [5.74, 6) is -0.323. The van der Waals surface area contributed by atoms with Crippen molar-refractivity contribution in [2.75, 3.05) is 39.8 Å². The Balaban J connectivity index is 1.26. The minimum atomic E-state index is -0.596. The second kappa shape index (κ2) is 13.3. The van der Waals surface area contributed by atoms with Crippen molar-refractivity contribution >= 4 is 38.8 Å². The molecule has 8 nitrogen and oxygen atoms in total. The monoisotopic (exact) mass is 629 g/mol. The first kappa shape index (κ1) is 31.0. The zero-order valence-electron chi connectivity index (χ0n) is 24.7. The first-order valence-electron chi connectivity index (χ1n) is 14.4. The van der Waals surface area contributed by atoms with Gasteiger partial charge >= 0.3 is 6.09 Å². The summed E-state index contributed by atoms with van der Waals surface area (Å²) in [7, 11) is 1.80. The van der Waals surface area contributed by atoms with E-state index in [2.05, 4.69) is 38.0 Å². The number of fused-ring (bicyclic) bond motifs is 1. The van der Waals surface area contributed by atoms with E-state index >= 15 is 4.39 Å². The highest BCUT2D eigenvalue weighted by Gasteiger charge is 2.37. The van der Waals surface area contributed by atoms with Crippen LogP contribution >= 0.6 is 15.9 Å². The SMILES string of the molecule is CCN(CCCc1ccc(-c2n[nH]c3cc(Br)ccc23)c(F)c1)CCN(C)C(=O)[C@H]1CCCN1C(=O)OC(C)(C)C. The molecule has 1 fully saturated rings. The summed E-state index contributed by atoms with van der Waals surface area (Å²) in [5.41, 5.74) is 2.30. The molecule has 1 aromatic heterocycles. The van der Waals surface area contributed by atoms with Gasteiger partial charge in [-0.2, -0.15) is 5.10 Å². The molecule has 0 bridgehead atoms. The molecule has 0 saturated carbocycles. The zero-order valence-corrected chi connectivity index (χ0v) is 26.3. The second-order valence-corrected chi connectivity index (χ2v) is 12.6. The molecule has 1 N–H and O–H groups in total. The third-order valence-electron chi connectivity index (χ3n) is 7.49. The standard InChI is InChI=1S/C31H41BrFN5O3/c1-6-37(18-17-36(5)29(39)27-10-8-16-38(27)30(40)41-31(2,3)4)15-7-9-21-11-13-23(25(33)19-21)28-24-14-12-22(32)20-26(24)34-35-28/h11-14,19-20,27H,6-10,15-18H2,1-5H3,(H,34,35)/t27-/m1/s1. The summed E-state index contributed by atoms with van der Waals surface area (Å²) >= 11 is 3.45. The van der Waals surface area contributed by atoms with Gasteiger partial charge in [0.2, 0.25) is 5.91 Å². The van der Waals surface area contributed by atoms with Crippen LogP contribution in [0.15, 0.2) is 40.9 Å². The van der Waals surface area contributed by atoms with Gasteiger partial charge in [0.25, 0.3) is 0 Å². The van der Waals surface area contributed by atoms with Crippen LogP contribution in [0.4, 0.5) is 9.18 Å². The van der Waals surface area contributed by atoms with Gasteiger partial charge in [-0.25, -0.2) is 9.18 Å². The van der Waals surface area contributed by atoms with Gasteiger partial charge < -0.3 is 14.5 Å². The summed E-state index contributed by atoms with van der Waals surface area (Å²) in [6, 6.07) is 10.7. The van der Waals surface area contributed by atoms with Crippen molar-refractivity contribution in [2.45, 2.75) is 65.0 Å². The molecule has 10 heteroatoms. The molecule has 0 unspecified atom stereocenters. The van der Waals surface area contributed by atoms with Gasteiger partial charge in [0.1, 0.15) is 23.2 Å². The fourth-order valence-corrected chi connectivity index (χ4v) is 5.62. The van der Waals surface area contributed by atoms with Gasteiger partial charge in [-0.05, 0) is 95.4 Å².